The lowest BCUT2D eigenvalue weighted by Gasteiger charge is -2.25. The molecule has 2 aliphatic carbocycles. The first-order valence-corrected chi connectivity index (χ1v) is 6.69. The van der Waals surface area contributed by atoms with Gasteiger partial charge in [0.15, 0.2) is 0 Å². The maximum Gasteiger partial charge on any atom is 0.0752 e. The van der Waals surface area contributed by atoms with Crippen LogP contribution in [0, 0.1) is 11.8 Å². The molecule has 3 rings (SSSR count). The van der Waals surface area contributed by atoms with Crippen molar-refractivity contribution < 1.29 is 0 Å². The first-order valence-electron chi connectivity index (χ1n) is 5.89. The SMILES string of the molecule is Nc1cncc(Br)c1NC1CC2CCC1C2. The van der Waals surface area contributed by atoms with Crippen molar-refractivity contribution in [3.8, 4) is 0 Å². The van der Waals surface area contributed by atoms with Gasteiger partial charge in [0.2, 0.25) is 0 Å². The highest BCUT2D eigenvalue weighted by Crippen LogP contribution is 2.46. The number of halogens is 1. The number of nitrogens with two attached hydrogens (primary N) is 1. The molecule has 1 aromatic heterocycles. The van der Waals surface area contributed by atoms with Crippen LogP contribution in [0.3, 0.4) is 0 Å². The minimum absolute atomic E-state index is 0.611. The number of hydrogen-bond donors (Lipinski definition) is 2. The lowest BCUT2D eigenvalue weighted by atomic mass is 9.95. The lowest BCUT2D eigenvalue weighted by molar-refractivity contribution is 0.440. The van der Waals surface area contributed by atoms with E-state index in [4.69, 9.17) is 5.73 Å². The summed E-state index contributed by atoms with van der Waals surface area (Å²) in [4.78, 5) is 4.06. The molecular formula is C12H16BrN3. The Morgan fingerprint density at radius 3 is 2.81 bits per heavy atom. The van der Waals surface area contributed by atoms with Gasteiger partial charge in [0.05, 0.1) is 22.0 Å². The van der Waals surface area contributed by atoms with Crippen molar-refractivity contribution in [1.29, 1.82) is 0 Å². The van der Waals surface area contributed by atoms with E-state index in [1.54, 1.807) is 12.4 Å². The van der Waals surface area contributed by atoms with Crippen LogP contribution in [0.4, 0.5) is 11.4 Å². The number of nitrogen functional groups attached to an aromatic ring is 1. The molecule has 86 valence electrons. The van der Waals surface area contributed by atoms with E-state index < -0.39 is 0 Å². The summed E-state index contributed by atoms with van der Waals surface area (Å²) in [6.07, 6.45) is 9.02. The molecule has 1 heterocycles. The first-order chi connectivity index (χ1) is 7.74. The van der Waals surface area contributed by atoms with E-state index in [0.29, 0.717) is 6.04 Å². The molecular weight excluding hydrogens is 266 g/mol. The van der Waals surface area contributed by atoms with Crippen LogP contribution >= 0.6 is 15.9 Å². The molecule has 16 heavy (non-hydrogen) atoms. The van der Waals surface area contributed by atoms with Gasteiger partial charge in [-0.1, -0.05) is 6.42 Å². The van der Waals surface area contributed by atoms with Gasteiger partial charge in [-0.3, -0.25) is 4.98 Å². The van der Waals surface area contributed by atoms with E-state index >= 15 is 0 Å². The average molecular weight is 282 g/mol. The highest BCUT2D eigenvalue weighted by atomic mass is 79.9. The van der Waals surface area contributed by atoms with Gasteiger partial charge in [-0.2, -0.15) is 0 Å². The Hall–Kier alpha value is -0.770. The fourth-order valence-corrected chi connectivity index (χ4v) is 3.67. The molecule has 2 fully saturated rings. The van der Waals surface area contributed by atoms with Gasteiger partial charge in [-0.25, -0.2) is 0 Å². The van der Waals surface area contributed by atoms with Gasteiger partial charge >= 0.3 is 0 Å². The zero-order valence-electron chi connectivity index (χ0n) is 9.12. The molecule has 3 N–H and O–H groups in total. The summed E-state index contributed by atoms with van der Waals surface area (Å²) in [6, 6.07) is 0.611. The molecule has 3 atom stereocenters. The molecule has 1 aromatic rings. The molecule has 0 saturated heterocycles. The van der Waals surface area contributed by atoms with Crippen LogP contribution in [0.2, 0.25) is 0 Å². The summed E-state index contributed by atoms with van der Waals surface area (Å²) in [5.74, 6) is 1.80. The van der Waals surface area contributed by atoms with Gasteiger partial charge in [-0.05, 0) is 47.0 Å². The molecule has 4 heteroatoms. The number of hydrogen-bond acceptors (Lipinski definition) is 3. The lowest BCUT2D eigenvalue weighted by Crippen LogP contribution is -2.26. The molecule has 0 radical (unpaired) electrons. The fourth-order valence-electron chi connectivity index (χ4n) is 3.21. The predicted octanol–water partition coefficient (Wildman–Crippen LogP) is 3.03. The molecule has 3 nitrogen and oxygen atoms in total. The smallest absolute Gasteiger partial charge is 0.0752 e. The Bertz CT molecular complexity index is 387. The minimum Gasteiger partial charge on any atom is -0.396 e. The van der Waals surface area contributed by atoms with Crippen LogP contribution in [0.5, 0.6) is 0 Å². The Labute approximate surface area is 104 Å². The van der Waals surface area contributed by atoms with E-state index in [0.717, 1.165) is 27.7 Å². The highest BCUT2D eigenvalue weighted by Gasteiger charge is 2.39. The summed E-state index contributed by atoms with van der Waals surface area (Å²) < 4.78 is 0.968. The van der Waals surface area contributed by atoms with E-state index in [9.17, 15) is 0 Å². The quantitative estimate of drug-likeness (QED) is 0.876. The maximum absolute atomic E-state index is 5.94. The van der Waals surface area contributed by atoms with E-state index in [2.05, 4.69) is 26.2 Å². The van der Waals surface area contributed by atoms with Crippen molar-refractivity contribution >= 4 is 27.3 Å². The summed E-state index contributed by atoms with van der Waals surface area (Å²) in [5, 5.41) is 3.60. The Morgan fingerprint density at radius 1 is 1.31 bits per heavy atom. The van der Waals surface area contributed by atoms with Crippen molar-refractivity contribution in [3.63, 3.8) is 0 Å². The third kappa shape index (κ3) is 1.69. The summed E-state index contributed by atoms with van der Waals surface area (Å²) in [6.45, 7) is 0. The number of nitrogens with zero attached hydrogens (tertiary/aromatic N) is 1. The maximum atomic E-state index is 5.94. The normalized spacial score (nSPS) is 31.9. The zero-order valence-corrected chi connectivity index (χ0v) is 10.7. The molecule has 0 aliphatic heterocycles. The molecule has 0 amide bonds. The topological polar surface area (TPSA) is 50.9 Å². The van der Waals surface area contributed by atoms with Crippen molar-refractivity contribution in [3.05, 3.63) is 16.9 Å². The van der Waals surface area contributed by atoms with E-state index in [1.165, 1.54) is 25.7 Å². The van der Waals surface area contributed by atoms with Crippen molar-refractivity contribution in [2.75, 3.05) is 11.1 Å². The number of nitrogens with one attached hydrogen (secondary N) is 1. The monoisotopic (exact) mass is 281 g/mol. The van der Waals surface area contributed by atoms with Crippen LogP contribution < -0.4 is 11.1 Å². The Balaban J connectivity index is 1.79. The highest BCUT2D eigenvalue weighted by molar-refractivity contribution is 9.10. The van der Waals surface area contributed by atoms with Crippen molar-refractivity contribution in [2.24, 2.45) is 11.8 Å². The minimum atomic E-state index is 0.611. The standard InChI is InChI=1S/C12H16BrN3/c13-9-5-15-6-10(14)12(9)16-11-4-7-1-2-8(11)3-7/h5-8,11H,1-4,14H2,(H,15,16). The Morgan fingerprint density at radius 2 is 2.19 bits per heavy atom. The second kappa shape index (κ2) is 3.91. The molecule has 2 bridgehead atoms. The van der Waals surface area contributed by atoms with Gasteiger partial charge in [0, 0.05) is 12.2 Å². The summed E-state index contributed by atoms with van der Waals surface area (Å²) in [7, 11) is 0. The number of pyridine rings is 1. The van der Waals surface area contributed by atoms with Crippen LogP contribution in [0.1, 0.15) is 25.7 Å². The largest absolute Gasteiger partial charge is 0.396 e. The molecule has 3 unspecified atom stereocenters. The van der Waals surface area contributed by atoms with Crippen LogP contribution in [-0.4, -0.2) is 11.0 Å². The van der Waals surface area contributed by atoms with Crippen molar-refractivity contribution in [2.45, 2.75) is 31.7 Å². The molecule has 2 aliphatic rings. The second-order valence-electron chi connectivity index (χ2n) is 5.01. The summed E-state index contributed by atoms with van der Waals surface area (Å²) in [5.41, 5.74) is 7.70. The van der Waals surface area contributed by atoms with Gasteiger partial charge < -0.3 is 11.1 Å². The van der Waals surface area contributed by atoms with Crippen LogP contribution in [0.25, 0.3) is 0 Å². The van der Waals surface area contributed by atoms with Gasteiger partial charge in [0.25, 0.3) is 0 Å². The molecule has 0 spiro atoms. The Kier molecular flexibility index (Phi) is 2.54. The third-order valence-corrected chi connectivity index (χ3v) is 4.60. The summed E-state index contributed by atoms with van der Waals surface area (Å²) >= 11 is 3.50. The molecule has 0 aromatic carbocycles. The van der Waals surface area contributed by atoms with Crippen molar-refractivity contribution in [1.82, 2.24) is 4.98 Å². The van der Waals surface area contributed by atoms with Crippen LogP contribution in [-0.2, 0) is 0 Å². The first kappa shape index (κ1) is 10.4. The molecule has 2 saturated carbocycles. The average Bonchev–Trinajstić information content (AvgIpc) is 2.85. The number of rotatable bonds is 2. The number of anilines is 2. The van der Waals surface area contributed by atoms with Gasteiger partial charge in [0.1, 0.15) is 0 Å². The number of aromatic nitrogens is 1. The van der Waals surface area contributed by atoms with E-state index in [-0.39, 0.29) is 0 Å². The van der Waals surface area contributed by atoms with Gasteiger partial charge in [-0.15, -0.1) is 0 Å². The van der Waals surface area contributed by atoms with E-state index in [1.807, 2.05) is 0 Å². The fraction of sp³-hybridized carbons (Fsp3) is 0.583. The predicted molar refractivity (Wildman–Crippen MR) is 69.2 cm³/mol. The van der Waals surface area contributed by atoms with Crippen LogP contribution in [0.15, 0.2) is 16.9 Å². The zero-order chi connectivity index (χ0) is 11.1. The number of fused-ring (bicyclic) bond motifs is 2. The second-order valence-corrected chi connectivity index (χ2v) is 5.87. The third-order valence-electron chi connectivity index (χ3n) is 4.00.